The third-order valence-corrected chi connectivity index (χ3v) is 4.97. The van der Waals surface area contributed by atoms with E-state index < -0.39 is 0 Å². The summed E-state index contributed by atoms with van der Waals surface area (Å²) in [7, 11) is 3.50. The molecule has 0 bridgehead atoms. The first-order valence-corrected chi connectivity index (χ1v) is 10.1. The number of hydrogen-bond acceptors (Lipinski definition) is 4. The van der Waals surface area contributed by atoms with Crippen LogP contribution < -0.4 is 20.1 Å². The fourth-order valence-electron chi connectivity index (χ4n) is 3.29. The summed E-state index contributed by atoms with van der Waals surface area (Å²) in [5, 5.41) is 6.97. The fourth-order valence-corrected chi connectivity index (χ4v) is 3.29. The Hall–Kier alpha value is -1.95. The minimum absolute atomic E-state index is 0.477. The highest BCUT2D eigenvalue weighted by molar-refractivity contribution is 5.80. The number of aliphatic imine (C=N–C) groups is 1. The van der Waals surface area contributed by atoms with Crippen LogP contribution in [0.2, 0.25) is 0 Å². The van der Waals surface area contributed by atoms with Gasteiger partial charge in [0.15, 0.2) is 17.5 Å². The van der Waals surface area contributed by atoms with Gasteiger partial charge in [0.1, 0.15) is 0 Å². The van der Waals surface area contributed by atoms with Gasteiger partial charge in [-0.05, 0) is 50.8 Å². The SMILES string of the molecule is CCCOc1ccc(CNC(=NC)NC2CCN(C(C)C)CC2)cc1OC. The molecule has 0 amide bonds. The van der Waals surface area contributed by atoms with E-state index >= 15 is 0 Å². The minimum atomic E-state index is 0.477. The summed E-state index contributed by atoms with van der Waals surface area (Å²) in [5.74, 6) is 2.41. The highest BCUT2D eigenvalue weighted by atomic mass is 16.5. The van der Waals surface area contributed by atoms with Crippen molar-refractivity contribution in [3.8, 4) is 11.5 Å². The maximum absolute atomic E-state index is 5.72. The van der Waals surface area contributed by atoms with Crippen LogP contribution in [0.3, 0.4) is 0 Å². The second-order valence-electron chi connectivity index (χ2n) is 7.31. The molecular weight excluding hydrogens is 340 g/mol. The summed E-state index contributed by atoms with van der Waals surface area (Å²) in [6.07, 6.45) is 3.27. The number of hydrogen-bond donors (Lipinski definition) is 2. The van der Waals surface area contributed by atoms with E-state index in [4.69, 9.17) is 9.47 Å². The van der Waals surface area contributed by atoms with Crippen molar-refractivity contribution >= 4 is 5.96 Å². The molecule has 1 aromatic carbocycles. The van der Waals surface area contributed by atoms with Crippen LogP contribution in [0.15, 0.2) is 23.2 Å². The van der Waals surface area contributed by atoms with Crippen LogP contribution in [0.25, 0.3) is 0 Å². The van der Waals surface area contributed by atoms with Gasteiger partial charge in [-0.15, -0.1) is 0 Å². The Bertz CT molecular complexity index is 596. The number of nitrogens with one attached hydrogen (secondary N) is 2. The molecule has 152 valence electrons. The zero-order valence-electron chi connectivity index (χ0n) is 17.5. The molecule has 2 N–H and O–H groups in total. The van der Waals surface area contributed by atoms with Crippen molar-refractivity contribution < 1.29 is 9.47 Å². The number of likely N-dealkylation sites (tertiary alicyclic amines) is 1. The van der Waals surface area contributed by atoms with E-state index in [-0.39, 0.29) is 0 Å². The van der Waals surface area contributed by atoms with Gasteiger partial charge >= 0.3 is 0 Å². The van der Waals surface area contributed by atoms with Gasteiger partial charge in [-0.1, -0.05) is 13.0 Å². The van der Waals surface area contributed by atoms with E-state index in [2.05, 4.69) is 47.4 Å². The normalized spacial score (nSPS) is 16.4. The third kappa shape index (κ3) is 6.61. The predicted octanol–water partition coefficient (Wildman–Crippen LogP) is 3.02. The maximum Gasteiger partial charge on any atom is 0.191 e. The molecule has 1 heterocycles. The van der Waals surface area contributed by atoms with E-state index in [0.29, 0.717) is 25.2 Å². The monoisotopic (exact) mass is 376 g/mol. The van der Waals surface area contributed by atoms with Crippen LogP contribution in [0.5, 0.6) is 11.5 Å². The summed E-state index contributed by atoms with van der Waals surface area (Å²) < 4.78 is 11.2. The molecule has 1 fully saturated rings. The van der Waals surface area contributed by atoms with Crippen molar-refractivity contribution in [2.75, 3.05) is 33.9 Å². The van der Waals surface area contributed by atoms with E-state index in [0.717, 1.165) is 55.4 Å². The molecule has 0 spiro atoms. The lowest BCUT2D eigenvalue weighted by molar-refractivity contribution is 0.167. The zero-order valence-corrected chi connectivity index (χ0v) is 17.5. The van der Waals surface area contributed by atoms with Gasteiger partial charge in [0.2, 0.25) is 0 Å². The molecule has 2 rings (SSSR count). The summed E-state index contributed by atoms with van der Waals surface area (Å²) in [4.78, 5) is 6.91. The molecule has 1 aliphatic heterocycles. The van der Waals surface area contributed by atoms with Crippen LogP contribution in [0.1, 0.15) is 45.6 Å². The molecule has 0 saturated carbocycles. The van der Waals surface area contributed by atoms with Crippen LogP contribution in [0.4, 0.5) is 0 Å². The molecule has 27 heavy (non-hydrogen) atoms. The van der Waals surface area contributed by atoms with Gasteiger partial charge in [0, 0.05) is 38.8 Å². The quantitative estimate of drug-likeness (QED) is 0.539. The Morgan fingerprint density at radius 3 is 2.59 bits per heavy atom. The molecule has 1 saturated heterocycles. The van der Waals surface area contributed by atoms with E-state index in [1.807, 2.05) is 19.2 Å². The van der Waals surface area contributed by atoms with Crippen molar-refractivity contribution in [1.82, 2.24) is 15.5 Å². The fraction of sp³-hybridized carbons (Fsp3) is 0.667. The summed E-state index contributed by atoms with van der Waals surface area (Å²) >= 11 is 0. The third-order valence-electron chi connectivity index (χ3n) is 4.97. The highest BCUT2D eigenvalue weighted by Crippen LogP contribution is 2.28. The predicted molar refractivity (Wildman–Crippen MR) is 112 cm³/mol. The van der Waals surface area contributed by atoms with Gasteiger partial charge in [-0.2, -0.15) is 0 Å². The largest absolute Gasteiger partial charge is 0.493 e. The molecule has 0 atom stereocenters. The average Bonchev–Trinajstić information content (AvgIpc) is 2.70. The molecule has 1 aromatic rings. The summed E-state index contributed by atoms with van der Waals surface area (Å²) in [6, 6.07) is 7.16. The second-order valence-corrected chi connectivity index (χ2v) is 7.31. The molecular formula is C21H36N4O2. The van der Waals surface area contributed by atoms with Crippen molar-refractivity contribution in [3.05, 3.63) is 23.8 Å². The van der Waals surface area contributed by atoms with Crippen LogP contribution in [-0.4, -0.2) is 56.8 Å². The van der Waals surface area contributed by atoms with Crippen LogP contribution >= 0.6 is 0 Å². The highest BCUT2D eigenvalue weighted by Gasteiger charge is 2.21. The average molecular weight is 377 g/mol. The molecule has 0 unspecified atom stereocenters. The first-order valence-electron chi connectivity index (χ1n) is 10.1. The molecule has 0 radical (unpaired) electrons. The van der Waals surface area contributed by atoms with Crippen molar-refractivity contribution in [2.45, 2.75) is 58.7 Å². The Kier molecular flexibility index (Phi) is 8.72. The summed E-state index contributed by atoms with van der Waals surface area (Å²) in [5.41, 5.74) is 1.13. The smallest absolute Gasteiger partial charge is 0.191 e. The number of benzene rings is 1. The molecule has 1 aliphatic rings. The standard InChI is InChI=1S/C21H36N4O2/c1-6-13-27-19-8-7-17(14-20(19)26-5)15-23-21(22-4)24-18-9-11-25(12-10-18)16(2)3/h7-8,14,16,18H,6,9-13,15H2,1-5H3,(H2,22,23,24). The van der Waals surface area contributed by atoms with Crippen molar-refractivity contribution in [2.24, 2.45) is 4.99 Å². The first-order chi connectivity index (χ1) is 13.1. The number of methoxy groups -OCH3 is 1. The number of piperidine rings is 1. The maximum atomic E-state index is 5.72. The summed E-state index contributed by atoms with van der Waals surface area (Å²) in [6.45, 7) is 10.3. The van der Waals surface area contributed by atoms with Gasteiger partial charge < -0.3 is 25.0 Å². The van der Waals surface area contributed by atoms with Crippen LogP contribution in [-0.2, 0) is 6.54 Å². The Morgan fingerprint density at radius 2 is 2.00 bits per heavy atom. The van der Waals surface area contributed by atoms with Gasteiger partial charge in [-0.3, -0.25) is 4.99 Å². The topological polar surface area (TPSA) is 58.1 Å². The second kappa shape index (κ2) is 11.0. The van der Waals surface area contributed by atoms with Gasteiger partial charge in [-0.25, -0.2) is 0 Å². The molecule has 6 nitrogen and oxygen atoms in total. The van der Waals surface area contributed by atoms with E-state index in [1.54, 1.807) is 7.11 Å². The Morgan fingerprint density at radius 1 is 1.26 bits per heavy atom. The molecule has 6 heteroatoms. The Labute approximate surface area is 164 Å². The van der Waals surface area contributed by atoms with Crippen molar-refractivity contribution in [1.29, 1.82) is 0 Å². The van der Waals surface area contributed by atoms with E-state index in [9.17, 15) is 0 Å². The first kappa shape index (κ1) is 21.4. The van der Waals surface area contributed by atoms with E-state index in [1.165, 1.54) is 0 Å². The number of nitrogens with zero attached hydrogens (tertiary/aromatic N) is 2. The molecule has 0 aromatic heterocycles. The van der Waals surface area contributed by atoms with Gasteiger partial charge in [0.25, 0.3) is 0 Å². The minimum Gasteiger partial charge on any atom is -0.493 e. The Balaban J connectivity index is 1.85. The van der Waals surface area contributed by atoms with Crippen LogP contribution in [0, 0.1) is 0 Å². The lowest BCUT2D eigenvalue weighted by Gasteiger charge is -2.35. The molecule has 0 aliphatic carbocycles. The number of guanidine groups is 1. The lowest BCUT2D eigenvalue weighted by atomic mass is 10.0. The number of rotatable bonds is 8. The lowest BCUT2D eigenvalue weighted by Crippen LogP contribution is -2.49. The number of ether oxygens (including phenoxy) is 2. The zero-order chi connectivity index (χ0) is 19.6. The van der Waals surface area contributed by atoms with Gasteiger partial charge in [0.05, 0.1) is 13.7 Å². The van der Waals surface area contributed by atoms with Crippen molar-refractivity contribution in [3.63, 3.8) is 0 Å².